The van der Waals surface area contributed by atoms with Crippen LogP contribution in [0.1, 0.15) is 48.0 Å². The Hall–Kier alpha value is -1.78. The number of anilines is 1. The van der Waals surface area contributed by atoms with Crippen LogP contribution in [0.2, 0.25) is 0 Å². The Balaban J connectivity index is 1.74. The van der Waals surface area contributed by atoms with Crippen LogP contribution in [0.5, 0.6) is 0 Å². The summed E-state index contributed by atoms with van der Waals surface area (Å²) in [6, 6.07) is 11.3. The average molecular weight is 466 g/mol. The van der Waals surface area contributed by atoms with E-state index >= 15 is 0 Å². The number of thiophene rings is 1. The van der Waals surface area contributed by atoms with Crippen molar-refractivity contribution in [3.8, 4) is 0 Å². The second kappa shape index (κ2) is 9.57. The molecule has 162 valence electrons. The average Bonchev–Trinajstić information content (AvgIpc) is 3.30. The first-order valence-electron chi connectivity index (χ1n) is 9.62. The highest BCUT2D eigenvalue weighted by atomic mass is 32.2. The van der Waals surface area contributed by atoms with Crippen LogP contribution in [0.25, 0.3) is 0 Å². The van der Waals surface area contributed by atoms with Crippen LogP contribution in [-0.4, -0.2) is 24.5 Å². The summed E-state index contributed by atoms with van der Waals surface area (Å²) in [4.78, 5) is 6.19. The zero-order valence-corrected chi connectivity index (χ0v) is 19.7. The minimum atomic E-state index is -4.27. The third kappa shape index (κ3) is 7.48. The molecule has 3 N–H and O–H groups in total. The van der Waals surface area contributed by atoms with Crippen molar-refractivity contribution in [1.82, 2.24) is 10.3 Å². The Bertz CT molecular complexity index is 1040. The topological polar surface area (TPSA) is 91.3 Å². The van der Waals surface area contributed by atoms with Gasteiger partial charge in [0.2, 0.25) is 0 Å². The van der Waals surface area contributed by atoms with Crippen molar-refractivity contribution in [2.24, 2.45) is 5.41 Å². The third-order valence-electron chi connectivity index (χ3n) is 4.32. The van der Waals surface area contributed by atoms with Crippen LogP contribution in [0.15, 0.2) is 47.2 Å². The van der Waals surface area contributed by atoms with E-state index in [2.05, 4.69) is 53.7 Å². The zero-order chi connectivity index (χ0) is 21.8. The maximum absolute atomic E-state index is 11.0. The summed E-state index contributed by atoms with van der Waals surface area (Å²) >= 11 is 3.41. The van der Waals surface area contributed by atoms with Crippen molar-refractivity contribution in [2.45, 2.75) is 39.7 Å². The molecule has 0 aliphatic rings. The van der Waals surface area contributed by atoms with Gasteiger partial charge in [0.1, 0.15) is 5.01 Å². The molecule has 30 heavy (non-hydrogen) atoms. The van der Waals surface area contributed by atoms with Crippen LogP contribution in [0, 0.1) is 5.41 Å². The van der Waals surface area contributed by atoms with Gasteiger partial charge >= 0.3 is 10.3 Å². The Morgan fingerprint density at radius 3 is 2.47 bits per heavy atom. The smallest absolute Gasteiger partial charge is 0.307 e. The molecular formula is C21H27N3O3S3. The van der Waals surface area contributed by atoms with Crippen molar-refractivity contribution in [2.75, 3.05) is 11.3 Å². The molecule has 3 aromatic rings. The summed E-state index contributed by atoms with van der Waals surface area (Å²) < 4.78 is 32.9. The van der Waals surface area contributed by atoms with Gasteiger partial charge in [-0.3, -0.25) is 9.27 Å². The van der Waals surface area contributed by atoms with Gasteiger partial charge in [-0.2, -0.15) is 8.42 Å². The van der Waals surface area contributed by atoms with Crippen molar-refractivity contribution < 1.29 is 13.0 Å². The normalized spacial score (nSPS) is 13.3. The van der Waals surface area contributed by atoms with Crippen LogP contribution in [-0.2, 0) is 23.1 Å². The maximum Gasteiger partial charge on any atom is 0.357 e. The number of hydrogen-bond donors (Lipinski definition) is 3. The summed E-state index contributed by atoms with van der Waals surface area (Å²) in [7, 11) is -4.27. The SMILES string of the molecule is CC(C)(C)CN[C@@H](Cc1ccc(NS(=O)(=O)O)cc1)c1nc(Cc2cccs2)cs1. The Kier molecular flexibility index (Phi) is 7.30. The fourth-order valence-electron chi connectivity index (χ4n) is 2.93. The molecule has 2 aromatic heterocycles. The molecule has 0 amide bonds. The summed E-state index contributed by atoms with van der Waals surface area (Å²) in [6.07, 6.45) is 1.57. The van der Waals surface area contributed by atoms with E-state index in [1.54, 1.807) is 34.8 Å². The predicted molar refractivity (Wildman–Crippen MR) is 125 cm³/mol. The lowest BCUT2D eigenvalue weighted by Gasteiger charge is -2.24. The summed E-state index contributed by atoms with van der Waals surface area (Å²) in [6.45, 7) is 7.42. The monoisotopic (exact) mass is 465 g/mol. The zero-order valence-electron chi connectivity index (χ0n) is 17.3. The first-order chi connectivity index (χ1) is 14.1. The molecule has 6 nitrogen and oxygen atoms in total. The fraction of sp³-hybridized carbons (Fsp3) is 0.381. The quantitative estimate of drug-likeness (QED) is 0.390. The van der Waals surface area contributed by atoms with Crippen molar-refractivity contribution in [3.63, 3.8) is 0 Å². The minimum Gasteiger partial charge on any atom is -0.307 e. The van der Waals surface area contributed by atoms with Gasteiger partial charge in [-0.15, -0.1) is 22.7 Å². The molecule has 0 spiro atoms. The fourth-order valence-corrected chi connectivity index (χ4v) is 4.97. The van der Waals surface area contributed by atoms with Crippen molar-refractivity contribution in [3.05, 3.63) is 68.3 Å². The Morgan fingerprint density at radius 2 is 1.87 bits per heavy atom. The van der Waals surface area contributed by atoms with Gasteiger partial charge in [0.15, 0.2) is 0 Å². The highest BCUT2D eigenvalue weighted by molar-refractivity contribution is 7.87. The van der Waals surface area contributed by atoms with E-state index in [9.17, 15) is 8.42 Å². The van der Waals surface area contributed by atoms with Gasteiger partial charge in [0.25, 0.3) is 0 Å². The van der Waals surface area contributed by atoms with E-state index in [-0.39, 0.29) is 11.5 Å². The standard InChI is InChI=1S/C21H27N3O3S3/c1-21(2,3)14-22-19(11-15-6-8-16(9-7-15)24-30(25,26)27)20-23-17(13-29-20)12-18-5-4-10-28-18/h4-10,13,19,22,24H,11-12,14H2,1-3H3,(H,25,26,27)/t19-/m0/s1. The van der Waals surface area contributed by atoms with Crippen molar-refractivity contribution >= 4 is 38.7 Å². The summed E-state index contributed by atoms with van der Waals surface area (Å²) in [5, 5.41) is 8.90. The molecule has 1 aromatic carbocycles. The second-order valence-corrected chi connectivity index (χ2v) is 11.5. The van der Waals surface area contributed by atoms with E-state index in [1.165, 1.54) is 4.88 Å². The van der Waals surface area contributed by atoms with Crippen LogP contribution >= 0.6 is 22.7 Å². The molecule has 2 heterocycles. The van der Waals surface area contributed by atoms with Crippen LogP contribution < -0.4 is 10.0 Å². The minimum absolute atomic E-state index is 0.0618. The van der Waals surface area contributed by atoms with Gasteiger partial charge in [0.05, 0.1) is 17.4 Å². The Labute approximate surface area is 186 Å². The number of nitrogens with one attached hydrogen (secondary N) is 2. The van der Waals surface area contributed by atoms with Crippen LogP contribution in [0.3, 0.4) is 0 Å². The lowest BCUT2D eigenvalue weighted by molar-refractivity contribution is 0.351. The van der Waals surface area contributed by atoms with E-state index in [4.69, 9.17) is 9.54 Å². The maximum atomic E-state index is 11.0. The number of aromatic nitrogens is 1. The van der Waals surface area contributed by atoms with Gasteiger partial charge in [0, 0.05) is 23.2 Å². The second-order valence-electron chi connectivity index (χ2n) is 8.41. The largest absolute Gasteiger partial charge is 0.357 e. The lowest BCUT2D eigenvalue weighted by Crippen LogP contribution is -2.31. The molecule has 0 fully saturated rings. The van der Waals surface area contributed by atoms with Gasteiger partial charge < -0.3 is 5.32 Å². The van der Waals surface area contributed by atoms with E-state index in [0.717, 1.165) is 35.7 Å². The first kappa shape index (κ1) is 22.9. The molecule has 1 atom stereocenters. The van der Waals surface area contributed by atoms with Crippen molar-refractivity contribution in [1.29, 1.82) is 0 Å². The molecule has 0 saturated carbocycles. The molecule has 0 radical (unpaired) electrons. The lowest BCUT2D eigenvalue weighted by atomic mass is 9.96. The molecule has 3 rings (SSSR count). The predicted octanol–water partition coefficient (Wildman–Crippen LogP) is 4.93. The number of hydrogen-bond acceptors (Lipinski definition) is 6. The molecule has 0 aliphatic heterocycles. The van der Waals surface area contributed by atoms with Gasteiger partial charge in [-0.25, -0.2) is 4.98 Å². The van der Waals surface area contributed by atoms with Gasteiger partial charge in [-0.05, 0) is 41.0 Å². The molecular weight excluding hydrogens is 438 g/mol. The van der Waals surface area contributed by atoms with Crippen LogP contribution in [0.4, 0.5) is 5.69 Å². The molecule has 0 aliphatic carbocycles. The number of rotatable bonds is 9. The van der Waals surface area contributed by atoms with Gasteiger partial charge in [-0.1, -0.05) is 39.0 Å². The van der Waals surface area contributed by atoms with E-state index < -0.39 is 10.3 Å². The number of benzene rings is 1. The third-order valence-corrected chi connectivity index (χ3v) is 6.70. The molecule has 9 heteroatoms. The number of nitrogens with zero attached hydrogens (tertiary/aromatic N) is 1. The first-order valence-corrected chi connectivity index (χ1v) is 12.8. The van der Waals surface area contributed by atoms with E-state index in [0.29, 0.717) is 5.69 Å². The van der Waals surface area contributed by atoms with E-state index in [1.807, 2.05) is 12.1 Å². The molecule has 0 saturated heterocycles. The highest BCUT2D eigenvalue weighted by Gasteiger charge is 2.20. The summed E-state index contributed by atoms with van der Waals surface area (Å²) in [5.41, 5.74) is 2.59. The number of thiazole rings is 1. The summed E-state index contributed by atoms with van der Waals surface area (Å²) in [5.74, 6) is 0. The highest BCUT2D eigenvalue weighted by Crippen LogP contribution is 2.26. The Morgan fingerprint density at radius 1 is 1.13 bits per heavy atom. The molecule has 0 unspecified atom stereocenters. The molecule has 0 bridgehead atoms.